The Kier molecular flexibility index (Phi) is 5.97. The Morgan fingerprint density at radius 2 is 2.10 bits per heavy atom. The van der Waals surface area contributed by atoms with Crippen LogP contribution in [0.2, 0.25) is 0 Å². The third-order valence-corrected chi connectivity index (χ3v) is 7.57. The van der Waals surface area contributed by atoms with E-state index in [1.165, 1.54) is 66.8 Å². The zero-order valence-corrected chi connectivity index (χ0v) is 18.2. The molecular formula is C22H26N2O3S2. The highest BCUT2D eigenvalue weighted by Crippen LogP contribution is 2.51. The van der Waals surface area contributed by atoms with Crippen LogP contribution in [0.25, 0.3) is 6.08 Å². The number of carbonyl (C=O) groups is 2. The molecule has 0 spiro atoms. The molecule has 0 aromatic heterocycles. The Balaban J connectivity index is 1.61. The van der Waals surface area contributed by atoms with Crippen molar-refractivity contribution in [2.24, 2.45) is 0 Å². The number of carboxylic acids is 1. The highest BCUT2D eigenvalue weighted by Gasteiger charge is 2.41. The SMILES string of the molecule is CSC(=S)N(CC(=O)O)C(=O)/C=C/c1cc2c3c(c1)C1CCCCC1N3CCC2. The van der Waals surface area contributed by atoms with E-state index in [4.69, 9.17) is 17.3 Å². The van der Waals surface area contributed by atoms with Crippen LogP contribution in [0.4, 0.5) is 5.69 Å². The lowest BCUT2D eigenvalue weighted by molar-refractivity contribution is -0.140. The summed E-state index contributed by atoms with van der Waals surface area (Å²) in [5, 5.41) is 9.09. The highest BCUT2D eigenvalue weighted by atomic mass is 32.2. The van der Waals surface area contributed by atoms with Gasteiger partial charge in [-0.1, -0.05) is 36.8 Å². The molecule has 1 saturated carbocycles. The fourth-order valence-corrected chi connectivity index (χ4v) is 5.66. The lowest BCUT2D eigenvalue weighted by atomic mass is 9.82. The van der Waals surface area contributed by atoms with Crippen molar-refractivity contribution >= 4 is 51.9 Å². The lowest BCUT2D eigenvalue weighted by Gasteiger charge is -2.36. The fraction of sp³-hybridized carbons (Fsp3) is 0.500. The lowest BCUT2D eigenvalue weighted by Crippen LogP contribution is -2.38. The van der Waals surface area contributed by atoms with Crippen LogP contribution in [0.3, 0.4) is 0 Å². The highest BCUT2D eigenvalue weighted by molar-refractivity contribution is 8.22. The molecule has 154 valence electrons. The quantitative estimate of drug-likeness (QED) is 0.574. The molecule has 7 heteroatoms. The minimum absolute atomic E-state index is 0.270. The normalized spacial score (nSPS) is 22.3. The number of nitrogens with zero attached hydrogens (tertiary/aromatic N) is 2. The summed E-state index contributed by atoms with van der Waals surface area (Å²) in [6, 6.07) is 5.08. The first-order chi connectivity index (χ1) is 14.0. The summed E-state index contributed by atoms with van der Waals surface area (Å²) in [5.41, 5.74) is 5.30. The van der Waals surface area contributed by atoms with E-state index in [0.29, 0.717) is 12.0 Å². The van der Waals surface area contributed by atoms with E-state index in [-0.39, 0.29) is 4.32 Å². The minimum atomic E-state index is -1.08. The average Bonchev–Trinajstić information content (AvgIpc) is 3.05. The van der Waals surface area contributed by atoms with E-state index >= 15 is 0 Å². The second-order valence-corrected chi connectivity index (χ2v) is 9.43. The summed E-state index contributed by atoms with van der Waals surface area (Å²) in [6.07, 6.45) is 12.4. The van der Waals surface area contributed by atoms with Crippen LogP contribution in [-0.2, 0) is 16.0 Å². The number of hydrogen-bond donors (Lipinski definition) is 1. The molecule has 1 aromatic carbocycles. The Bertz CT molecular complexity index is 883. The number of fused-ring (bicyclic) bond motifs is 3. The molecule has 2 unspecified atom stereocenters. The maximum Gasteiger partial charge on any atom is 0.323 e. The van der Waals surface area contributed by atoms with Crippen LogP contribution in [0, 0.1) is 0 Å². The van der Waals surface area contributed by atoms with Crippen LogP contribution in [-0.4, -0.2) is 51.6 Å². The van der Waals surface area contributed by atoms with Gasteiger partial charge < -0.3 is 10.0 Å². The van der Waals surface area contributed by atoms with Crippen LogP contribution in [0.1, 0.15) is 54.7 Å². The van der Waals surface area contributed by atoms with Gasteiger partial charge in [0.25, 0.3) is 5.91 Å². The van der Waals surface area contributed by atoms with Gasteiger partial charge >= 0.3 is 5.97 Å². The van der Waals surface area contributed by atoms with Crippen molar-refractivity contribution in [1.29, 1.82) is 0 Å². The summed E-state index contributed by atoms with van der Waals surface area (Å²) in [5.74, 6) is -0.862. The standard InChI is InChI=1S/C22H26N2O3S2/c1-29-22(28)24(13-20(26)27)19(25)9-8-14-11-15-5-4-10-23-18-7-3-2-6-16(18)17(12-14)21(15)23/h8-9,11-12,16,18H,2-7,10,13H2,1H3,(H,26,27)/b9-8+. The second-order valence-electron chi connectivity index (χ2n) is 7.99. The first-order valence-corrected chi connectivity index (χ1v) is 11.9. The number of aliphatic carboxylic acids is 1. The fourth-order valence-electron chi connectivity index (χ4n) is 5.13. The first kappa shape index (κ1) is 20.4. The smallest absolute Gasteiger partial charge is 0.323 e. The molecule has 0 saturated heterocycles. The predicted molar refractivity (Wildman–Crippen MR) is 122 cm³/mol. The Labute approximate surface area is 181 Å². The number of benzene rings is 1. The van der Waals surface area contributed by atoms with E-state index in [1.807, 2.05) is 6.08 Å². The van der Waals surface area contributed by atoms with Crippen molar-refractivity contribution in [1.82, 2.24) is 4.90 Å². The van der Waals surface area contributed by atoms with E-state index in [9.17, 15) is 9.59 Å². The monoisotopic (exact) mass is 430 g/mol. The predicted octanol–water partition coefficient (Wildman–Crippen LogP) is 4.05. The third-order valence-electron chi connectivity index (χ3n) is 6.28. The Morgan fingerprint density at radius 3 is 2.86 bits per heavy atom. The number of rotatable bonds is 4. The summed E-state index contributed by atoms with van der Waals surface area (Å²) in [7, 11) is 0. The van der Waals surface area contributed by atoms with Crippen molar-refractivity contribution in [3.8, 4) is 0 Å². The van der Waals surface area contributed by atoms with Gasteiger partial charge in [-0.15, -0.1) is 0 Å². The van der Waals surface area contributed by atoms with Crippen LogP contribution >= 0.6 is 24.0 Å². The van der Waals surface area contributed by atoms with E-state index < -0.39 is 18.4 Å². The van der Waals surface area contributed by atoms with Crippen molar-refractivity contribution in [3.63, 3.8) is 0 Å². The average molecular weight is 431 g/mol. The van der Waals surface area contributed by atoms with Gasteiger partial charge in [-0.05, 0) is 66.8 Å². The maximum absolute atomic E-state index is 12.6. The number of thiocarbonyl (C=S) groups is 1. The topological polar surface area (TPSA) is 60.9 Å². The van der Waals surface area contributed by atoms with Crippen LogP contribution in [0.5, 0.6) is 0 Å². The molecule has 1 aliphatic carbocycles. The summed E-state index contributed by atoms with van der Waals surface area (Å²) in [6.45, 7) is 0.738. The molecule has 1 amide bonds. The number of carboxylic acid groups (broad SMARTS) is 1. The van der Waals surface area contributed by atoms with Crippen molar-refractivity contribution in [3.05, 3.63) is 34.9 Å². The number of amides is 1. The Hall–Kier alpha value is -1.86. The molecule has 2 aliphatic heterocycles. The van der Waals surface area contributed by atoms with Gasteiger partial charge in [0, 0.05) is 30.3 Å². The molecular weight excluding hydrogens is 404 g/mol. The summed E-state index contributed by atoms with van der Waals surface area (Å²) in [4.78, 5) is 27.5. The number of anilines is 1. The molecule has 2 atom stereocenters. The summed E-state index contributed by atoms with van der Waals surface area (Å²) < 4.78 is 0.270. The molecule has 1 fully saturated rings. The molecule has 3 aliphatic rings. The van der Waals surface area contributed by atoms with E-state index in [1.54, 1.807) is 6.26 Å². The van der Waals surface area contributed by atoms with E-state index in [0.717, 1.165) is 23.4 Å². The molecule has 5 nitrogen and oxygen atoms in total. The third kappa shape index (κ3) is 3.94. The molecule has 0 radical (unpaired) electrons. The van der Waals surface area contributed by atoms with Gasteiger partial charge in [-0.25, -0.2) is 0 Å². The number of aryl methyl sites for hydroxylation is 1. The van der Waals surface area contributed by atoms with E-state index in [2.05, 4.69) is 17.0 Å². The largest absolute Gasteiger partial charge is 0.480 e. The minimum Gasteiger partial charge on any atom is -0.480 e. The van der Waals surface area contributed by atoms with Gasteiger partial charge in [-0.3, -0.25) is 14.5 Å². The zero-order valence-electron chi connectivity index (χ0n) is 16.6. The molecule has 0 bridgehead atoms. The number of hydrogen-bond acceptors (Lipinski definition) is 5. The number of thioether (sulfide) groups is 1. The van der Waals surface area contributed by atoms with Gasteiger partial charge in [0.05, 0.1) is 0 Å². The molecule has 29 heavy (non-hydrogen) atoms. The van der Waals surface area contributed by atoms with Gasteiger partial charge in [-0.2, -0.15) is 0 Å². The van der Waals surface area contributed by atoms with Gasteiger partial charge in [0.15, 0.2) is 0 Å². The number of carbonyl (C=O) groups excluding carboxylic acids is 1. The molecule has 1 aromatic rings. The zero-order chi connectivity index (χ0) is 20.5. The molecule has 1 N–H and O–H groups in total. The van der Waals surface area contributed by atoms with Crippen molar-refractivity contribution in [2.75, 3.05) is 24.2 Å². The van der Waals surface area contributed by atoms with Gasteiger partial charge in [0.1, 0.15) is 10.9 Å². The molecule has 2 heterocycles. The van der Waals surface area contributed by atoms with Crippen LogP contribution in [0.15, 0.2) is 18.2 Å². The van der Waals surface area contributed by atoms with Crippen molar-refractivity contribution < 1.29 is 14.7 Å². The molecule has 4 rings (SSSR count). The van der Waals surface area contributed by atoms with Crippen molar-refractivity contribution in [2.45, 2.75) is 50.5 Å². The van der Waals surface area contributed by atoms with Crippen LogP contribution < -0.4 is 4.90 Å². The first-order valence-electron chi connectivity index (χ1n) is 10.2. The second kappa shape index (κ2) is 8.48. The Morgan fingerprint density at radius 1 is 1.31 bits per heavy atom. The maximum atomic E-state index is 12.6. The summed E-state index contributed by atoms with van der Waals surface area (Å²) >= 11 is 6.36. The van der Waals surface area contributed by atoms with Gasteiger partial charge in [0.2, 0.25) is 0 Å².